The molecular weight excluding hydrogens is 384 g/mol. The van der Waals surface area contributed by atoms with Gasteiger partial charge in [-0.25, -0.2) is 0 Å². The number of ether oxygens (including phenoxy) is 4. The molecule has 0 saturated carbocycles. The van der Waals surface area contributed by atoms with Crippen molar-refractivity contribution in [3.05, 3.63) is 12.3 Å². The minimum absolute atomic E-state index is 0.410. The van der Waals surface area contributed by atoms with Crippen LogP contribution in [-0.2, 0) is 18.9 Å². The Kier molecular flexibility index (Phi) is 16.3. The van der Waals surface area contributed by atoms with Gasteiger partial charge in [-0.15, -0.1) is 0 Å². The number of aliphatic hydroxyl groups is 1. The maximum absolute atomic E-state index is 10.3. The first-order valence-electron chi connectivity index (χ1n) is 11.7. The number of rotatable bonds is 19. The van der Waals surface area contributed by atoms with Crippen molar-refractivity contribution in [1.82, 2.24) is 9.80 Å². The zero-order valence-electron chi connectivity index (χ0n) is 19.7. The summed E-state index contributed by atoms with van der Waals surface area (Å²) in [4.78, 5) is 4.59. The second-order valence-electron chi connectivity index (χ2n) is 8.24. The highest BCUT2D eigenvalue weighted by atomic mass is 16.5. The molecule has 1 heterocycles. The molecule has 178 valence electrons. The third-order valence-electron chi connectivity index (χ3n) is 5.30. The van der Waals surface area contributed by atoms with Crippen LogP contribution >= 0.6 is 0 Å². The molecule has 0 aromatic heterocycles. The molecular formula is C23H46N2O5. The number of nitrogens with zero attached hydrogens (tertiary/aromatic N) is 2. The highest BCUT2D eigenvalue weighted by molar-refractivity contribution is 4.75. The maximum atomic E-state index is 10.3. The van der Waals surface area contributed by atoms with Crippen LogP contribution in [0.4, 0.5) is 0 Å². The van der Waals surface area contributed by atoms with Crippen LogP contribution in [0.15, 0.2) is 12.3 Å². The Bertz CT molecular complexity index is 414. The Labute approximate surface area is 184 Å². The van der Waals surface area contributed by atoms with Gasteiger partial charge in [0.2, 0.25) is 0 Å². The fraction of sp³-hybridized carbons (Fsp3) is 0.913. The molecule has 1 unspecified atom stereocenters. The quantitative estimate of drug-likeness (QED) is 0.250. The summed E-state index contributed by atoms with van der Waals surface area (Å²) in [5.74, 6) is 0.789. The Balaban J connectivity index is 1.79. The van der Waals surface area contributed by atoms with Gasteiger partial charge in [0.25, 0.3) is 0 Å². The van der Waals surface area contributed by atoms with Crippen LogP contribution in [0.5, 0.6) is 0 Å². The summed E-state index contributed by atoms with van der Waals surface area (Å²) in [7, 11) is 0. The van der Waals surface area contributed by atoms with Gasteiger partial charge in [-0.1, -0.05) is 13.0 Å². The van der Waals surface area contributed by atoms with E-state index in [-0.39, 0.29) is 0 Å². The van der Waals surface area contributed by atoms with Crippen molar-refractivity contribution in [3.8, 4) is 0 Å². The molecule has 0 aromatic rings. The summed E-state index contributed by atoms with van der Waals surface area (Å²) in [6.45, 7) is 18.4. The molecule has 7 nitrogen and oxygen atoms in total. The van der Waals surface area contributed by atoms with Crippen LogP contribution in [0.25, 0.3) is 0 Å². The fourth-order valence-electron chi connectivity index (χ4n) is 3.37. The van der Waals surface area contributed by atoms with Gasteiger partial charge in [0.1, 0.15) is 6.23 Å². The number of hydrogen-bond donors (Lipinski definition) is 1. The van der Waals surface area contributed by atoms with Crippen LogP contribution in [0.3, 0.4) is 0 Å². The standard InChI is InChI=1S/C23H46N2O5/c1-21(2)24-10-12-25(13-11-24)23(26)9-16-28-18-20-29-19-17-27-14-7-5-6-8-15-30-22(3)4/h21,23,26H,3,5-20H2,1-2,4H3. The van der Waals surface area contributed by atoms with Gasteiger partial charge in [-0.2, -0.15) is 0 Å². The molecule has 7 heteroatoms. The molecule has 0 bridgehead atoms. The van der Waals surface area contributed by atoms with E-state index in [0.717, 1.165) is 70.8 Å². The molecule has 1 atom stereocenters. The van der Waals surface area contributed by atoms with Crippen LogP contribution in [0, 0.1) is 0 Å². The highest BCUT2D eigenvalue weighted by Crippen LogP contribution is 2.10. The minimum atomic E-state index is -0.410. The lowest BCUT2D eigenvalue weighted by Gasteiger charge is -2.39. The smallest absolute Gasteiger partial charge is 0.109 e. The predicted octanol–water partition coefficient (Wildman–Crippen LogP) is 2.88. The largest absolute Gasteiger partial charge is 0.499 e. The third-order valence-corrected chi connectivity index (χ3v) is 5.30. The fourth-order valence-corrected chi connectivity index (χ4v) is 3.37. The van der Waals surface area contributed by atoms with Crippen LogP contribution in [0.2, 0.25) is 0 Å². The van der Waals surface area contributed by atoms with Crippen molar-refractivity contribution < 1.29 is 24.1 Å². The molecule has 1 N–H and O–H groups in total. The summed E-state index contributed by atoms with van der Waals surface area (Å²) >= 11 is 0. The average molecular weight is 431 g/mol. The molecule has 0 aromatic carbocycles. The van der Waals surface area contributed by atoms with Crippen LogP contribution < -0.4 is 0 Å². The zero-order valence-corrected chi connectivity index (χ0v) is 19.7. The maximum Gasteiger partial charge on any atom is 0.109 e. The normalized spacial score (nSPS) is 16.8. The van der Waals surface area contributed by atoms with Crippen LogP contribution in [-0.4, -0.2) is 99.6 Å². The van der Waals surface area contributed by atoms with Gasteiger partial charge in [-0.05, 0) is 40.0 Å². The van der Waals surface area contributed by atoms with E-state index in [1.54, 1.807) is 0 Å². The first-order chi connectivity index (χ1) is 14.5. The molecule has 1 aliphatic rings. The highest BCUT2D eigenvalue weighted by Gasteiger charge is 2.23. The lowest BCUT2D eigenvalue weighted by Crippen LogP contribution is -2.52. The van der Waals surface area contributed by atoms with Gasteiger partial charge in [0, 0.05) is 45.2 Å². The van der Waals surface area contributed by atoms with Crippen molar-refractivity contribution in [1.29, 1.82) is 0 Å². The minimum Gasteiger partial charge on any atom is -0.499 e. The number of hydrogen-bond acceptors (Lipinski definition) is 7. The van der Waals surface area contributed by atoms with E-state index in [0.29, 0.717) is 45.5 Å². The second kappa shape index (κ2) is 17.9. The number of unbranched alkanes of at least 4 members (excludes halogenated alkanes) is 3. The molecule has 30 heavy (non-hydrogen) atoms. The lowest BCUT2D eigenvalue weighted by molar-refractivity contribution is -0.0521. The first-order valence-corrected chi connectivity index (χ1v) is 11.7. The molecule has 1 aliphatic heterocycles. The molecule has 1 fully saturated rings. The summed E-state index contributed by atoms with van der Waals surface area (Å²) in [5, 5.41) is 10.3. The van der Waals surface area contributed by atoms with Crippen molar-refractivity contribution >= 4 is 0 Å². The van der Waals surface area contributed by atoms with E-state index >= 15 is 0 Å². The molecule has 1 saturated heterocycles. The molecule has 0 radical (unpaired) electrons. The Morgan fingerprint density at radius 1 is 0.767 bits per heavy atom. The SMILES string of the molecule is C=C(C)OCCCCCCOCCOCCOCCC(O)N1CCN(C(C)C)CC1. The van der Waals surface area contributed by atoms with Crippen LogP contribution in [0.1, 0.15) is 52.9 Å². The van der Waals surface area contributed by atoms with Crippen molar-refractivity contribution in [2.75, 3.05) is 72.4 Å². The van der Waals surface area contributed by atoms with E-state index < -0.39 is 6.23 Å². The average Bonchev–Trinajstić information content (AvgIpc) is 2.73. The van der Waals surface area contributed by atoms with E-state index in [1.807, 2.05) is 6.92 Å². The van der Waals surface area contributed by atoms with Crippen molar-refractivity contribution in [2.24, 2.45) is 0 Å². The molecule has 0 amide bonds. The Morgan fingerprint density at radius 2 is 1.27 bits per heavy atom. The molecule has 0 aliphatic carbocycles. The first kappa shape index (κ1) is 27.3. The Hall–Kier alpha value is -0.700. The van der Waals surface area contributed by atoms with E-state index in [2.05, 4.69) is 30.2 Å². The van der Waals surface area contributed by atoms with Crippen molar-refractivity contribution in [2.45, 2.75) is 65.1 Å². The Morgan fingerprint density at radius 3 is 1.83 bits per heavy atom. The predicted molar refractivity (Wildman–Crippen MR) is 121 cm³/mol. The lowest BCUT2D eigenvalue weighted by atomic mass is 10.2. The molecule has 0 spiro atoms. The van der Waals surface area contributed by atoms with Gasteiger partial charge in [-0.3, -0.25) is 9.80 Å². The number of piperazine rings is 1. The molecule has 1 rings (SSSR count). The topological polar surface area (TPSA) is 63.6 Å². The zero-order chi connectivity index (χ0) is 22.0. The summed E-state index contributed by atoms with van der Waals surface area (Å²) in [5.41, 5.74) is 0. The van der Waals surface area contributed by atoms with E-state index in [1.165, 1.54) is 0 Å². The summed E-state index contributed by atoms with van der Waals surface area (Å²) in [6, 6.07) is 0.579. The monoisotopic (exact) mass is 430 g/mol. The van der Waals surface area contributed by atoms with Gasteiger partial charge in [0.15, 0.2) is 0 Å². The van der Waals surface area contributed by atoms with Gasteiger partial charge in [0.05, 0.1) is 45.4 Å². The van der Waals surface area contributed by atoms with Crippen molar-refractivity contribution in [3.63, 3.8) is 0 Å². The van der Waals surface area contributed by atoms with E-state index in [9.17, 15) is 5.11 Å². The summed E-state index contributed by atoms with van der Waals surface area (Å²) in [6.07, 6.45) is 4.70. The van der Waals surface area contributed by atoms with Gasteiger partial charge < -0.3 is 24.1 Å². The number of allylic oxidation sites excluding steroid dienone is 1. The summed E-state index contributed by atoms with van der Waals surface area (Å²) < 4.78 is 22.0. The number of aliphatic hydroxyl groups excluding tert-OH is 1. The van der Waals surface area contributed by atoms with Gasteiger partial charge >= 0.3 is 0 Å². The third kappa shape index (κ3) is 14.3. The second-order valence-corrected chi connectivity index (χ2v) is 8.24. The van der Waals surface area contributed by atoms with E-state index in [4.69, 9.17) is 18.9 Å².